The Bertz CT molecular complexity index is 137. The van der Waals surface area contributed by atoms with Gasteiger partial charge >= 0.3 is 0 Å². The molecule has 0 unspecified atom stereocenters. The highest BCUT2D eigenvalue weighted by Gasteiger charge is 2.07. The highest BCUT2D eigenvalue weighted by Crippen LogP contribution is 2.27. The van der Waals surface area contributed by atoms with Gasteiger partial charge in [0.2, 0.25) is 0 Å². The Morgan fingerprint density at radius 3 is 1.83 bits per heavy atom. The van der Waals surface area contributed by atoms with E-state index in [0.717, 1.165) is 0 Å². The van der Waals surface area contributed by atoms with Crippen LogP contribution in [0.25, 0.3) is 0 Å². The molecule has 1 aliphatic carbocycles. The minimum absolute atomic E-state index is 1.28. The van der Waals surface area contributed by atoms with Crippen LogP contribution in [0.1, 0.15) is 65.2 Å². The highest BCUT2D eigenvalue weighted by atomic mass is 14.1. The molecular formula is C12H22. The molecule has 12 heavy (non-hydrogen) atoms. The molecule has 1 aliphatic rings. The van der Waals surface area contributed by atoms with Crippen molar-refractivity contribution in [3.63, 3.8) is 0 Å². The standard InChI is InChI=1S/C12H22/c1-3-11(4-2)12-9-7-5-6-8-10-12/h3-10H2,1-2H3. The number of allylic oxidation sites excluding steroid dienone is 2. The third-order valence-corrected chi connectivity index (χ3v) is 3.06. The van der Waals surface area contributed by atoms with Gasteiger partial charge in [0.05, 0.1) is 0 Å². The Morgan fingerprint density at radius 1 is 0.917 bits per heavy atom. The number of rotatable bonds is 2. The highest BCUT2D eigenvalue weighted by molar-refractivity contribution is 5.14. The summed E-state index contributed by atoms with van der Waals surface area (Å²) in [6.45, 7) is 4.60. The van der Waals surface area contributed by atoms with Crippen molar-refractivity contribution in [2.45, 2.75) is 65.2 Å². The Hall–Kier alpha value is -0.260. The monoisotopic (exact) mass is 166 g/mol. The molecule has 0 heteroatoms. The van der Waals surface area contributed by atoms with Gasteiger partial charge in [0, 0.05) is 0 Å². The zero-order valence-corrected chi connectivity index (χ0v) is 8.66. The minimum atomic E-state index is 1.28. The van der Waals surface area contributed by atoms with Crippen molar-refractivity contribution >= 4 is 0 Å². The molecule has 0 aromatic carbocycles. The first-order valence-corrected chi connectivity index (χ1v) is 5.58. The van der Waals surface area contributed by atoms with Crippen LogP contribution in [0.2, 0.25) is 0 Å². The SMILES string of the molecule is CCC(CC)=C1CCCCCC1. The molecule has 0 heterocycles. The van der Waals surface area contributed by atoms with Crippen molar-refractivity contribution in [2.75, 3.05) is 0 Å². The average molecular weight is 166 g/mol. The first kappa shape index (κ1) is 9.83. The minimum Gasteiger partial charge on any atom is -0.0716 e. The quantitative estimate of drug-likeness (QED) is 0.420. The lowest BCUT2D eigenvalue weighted by atomic mass is 9.97. The smallest absolute Gasteiger partial charge is 0.0318 e. The number of hydrogen-bond donors (Lipinski definition) is 0. The molecule has 0 aromatic rings. The molecule has 0 spiro atoms. The molecule has 0 aliphatic heterocycles. The fraction of sp³-hybridized carbons (Fsp3) is 0.833. The molecule has 0 saturated heterocycles. The maximum Gasteiger partial charge on any atom is -0.0318 e. The molecule has 1 saturated carbocycles. The van der Waals surface area contributed by atoms with Crippen molar-refractivity contribution in [3.05, 3.63) is 11.1 Å². The van der Waals surface area contributed by atoms with E-state index in [1.165, 1.54) is 51.4 Å². The van der Waals surface area contributed by atoms with Crippen LogP contribution in [0.5, 0.6) is 0 Å². The van der Waals surface area contributed by atoms with Gasteiger partial charge in [-0.3, -0.25) is 0 Å². The summed E-state index contributed by atoms with van der Waals surface area (Å²) < 4.78 is 0. The van der Waals surface area contributed by atoms with Gasteiger partial charge in [0.15, 0.2) is 0 Å². The average Bonchev–Trinajstić information content (AvgIpc) is 2.35. The van der Waals surface area contributed by atoms with Gasteiger partial charge in [-0.2, -0.15) is 0 Å². The fourth-order valence-corrected chi connectivity index (χ4v) is 2.26. The summed E-state index contributed by atoms with van der Waals surface area (Å²) in [5.41, 5.74) is 3.55. The second-order valence-corrected chi connectivity index (χ2v) is 3.83. The summed E-state index contributed by atoms with van der Waals surface area (Å²) in [6.07, 6.45) is 11.2. The molecule has 0 atom stereocenters. The van der Waals surface area contributed by atoms with E-state index in [1.807, 2.05) is 0 Å². The van der Waals surface area contributed by atoms with E-state index < -0.39 is 0 Å². The largest absolute Gasteiger partial charge is 0.0716 e. The van der Waals surface area contributed by atoms with Crippen molar-refractivity contribution in [3.8, 4) is 0 Å². The van der Waals surface area contributed by atoms with E-state index in [-0.39, 0.29) is 0 Å². The zero-order chi connectivity index (χ0) is 8.81. The van der Waals surface area contributed by atoms with Gasteiger partial charge in [-0.1, -0.05) is 37.8 Å². The second-order valence-electron chi connectivity index (χ2n) is 3.83. The van der Waals surface area contributed by atoms with Crippen LogP contribution in [0.3, 0.4) is 0 Å². The Balaban J connectivity index is 2.60. The van der Waals surface area contributed by atoms with Crippen molar-refractivity contribution < 1.29 is 0 Å². The predicted octanol–water partition coefficient (Wildman–Crippen LogP) is 4.46. The van der Waals surface area contributed by atoms with Crippen LogP contribution in [-0.2, 0) is 0 Å². The summed E-state index contributed by atoms with van der Waals surface area (Å²) in [5.74, 6) is 0. The molecule has 0 bridgehead atoms. The van der Waals surface area contributed by atoms with Gasteiger partial charge < -0.3 is 0 Å². The topological polar surface area (TPSA) is 0 Å². The molecule has 1 rings (SSSR count). The molecule has 0 amide bonds. The molecule has 1 fully saturated rings. The van der Waals surface area contributed by atoms with Crippen LogP contribution in [0.15, 0.2) is 11.1 Å². The van der Waals surface area contributed by atoms with E-state index in [9.17, 15) is 0 Å². The van der Waals surface area contributed by atoms with Gasteiger partial charge in [-0.05, 0) is 38.5 Å². The molecule has 0 nitrogen and oxygen atoms in total. The maximum atomic E-state index is 2.30. The predicted molar refractivity (Wildman–Crippen MR) is 55.3 cm³/mol. The second kappa shape index (κ2) is 5.40. The van der Waals surface area contributed by atoms with Crippen molar-refractivity contribution in [1.29, 1.82) is 0 Å². The first-order valence-electron chi connectivity index (χ1n) is 5.58. The lowest BCUT2D eigenvalue weighted by Crippen LogP contribution is -1.89. The Labute approximate surface area is 77.1 Å². The molecular weight excluding hydrogens is 144 g/mol. The summed E-state index contributed by atoms with van der Waals surface area (Å²) in [7, 11) is 0. The van der Waals surface area contributed by atoms with Gasteiger partial charge in [-0.25, -0.2) is 0 Å². The van der Waals surface area contributed by atoms with Crippen LogP contribution in [0, 0.1) is 0 Å². The Morgan fingerprint density at radius 2 is 1.42 bits per heavy atom. The van der Waals surface area contributed by atoms with Crippen LogP contribution < -0.4 is 0 Å². The van der Waals surface area contributed by atoms with E-state index in [2.05, 4.69) is 13.8 Å². The maximum absolute atomic E-state index is 2.30. The van der Waals surface area contributed by atoms with Crippen molar-refractivity contribution in [2.24, 2.45) is 0 Å². The van der Waals surface area contributed by atoms with Crippen LogP contribution in [0.4, 0.5) is 0 Å². The van der Waals surface area contributed by atoms with E-state index in [4.69, 9.17) is 0 Å². The lowest BCUT2D eigenvalue weighted by molar-refractivity contribution is 0.702. The molecule has 0 aromatic heterocycles. The molecule has 0 N–H and O–H groups in total. The summed E-state index contributed by atoms with van der Waals surface area (Å²) >= 11 is 0. The summed E-state index contributed by atoms with van der Waals surface area (Å²) in [5, 5.41) is 0. The lowest BCUT2D eigenvalue weighted by Gasteiger charge is -2.09. The van der Waals surface area contributed by atoms with Gasteiger partial charge in [0.25, 0.3) is 0 Å². The molecule has 0 radical (unpaired) electrons. The van der Waals surface area contributed by atoms with E-state index >= 15 is 0 Å². The zero-order valence-electron chi connectivity index (χ0n) is 8.66. The third-order valence-electron chi connectivity index (χ3n) is 3.06. The molecule has 70 valence electrons. The fourth-order valence-electron chi connectivity index (χ4n) is 2.26. The summed E-state index contributed by atoms with van der Waals surface area (Å²) in [6, 6.07) is 0. The normalized spacial score (nSPS) is 19.0. The van der Waals surface area contributed by atoms with Crippen molar-refractivity contribution in [1.82, 2.24) is 0 Å². The Kier molecular flexibility index (Phi) is 4.42. The van der Waals surface area contributed by atoms with E-state index in [1.54, 1.807) is 11.1 Å². The van der Waals surface area contributed by atoms with Crippen LogP contribution >= 0.6 is 0 Å². The number of hydrogen-bond acceptors (Lipinski definition) is 0. The third kappa shape index (κ3) is 2.66. The van der Waals surface area contributed by atoms with Crippen LogP contribution in [-0.4, -0.2) is 0 Å². The first-order chi connectivity index (χ1) is 5.88. The summed E-state index contributed by atoms with van der Waals surface area (Å²) in [4.78, 5) is 0. The van der Waals surface area contributed by atoms with E-state index in [0.29, 0.717) is 0 Å². The van der Waals surface area contributed by atoms with Gasteiger partial charge in [-0.15, -0.1) is 0 Å². The van der Waals surface area contributed by atoms with Gasteiger partial charge in [0.1, 0.15) is 0 Å².